The topological polar surface area (TPSA) is 151 Å². The number of methoxy groups -OCH3 is 4. The molecular weight excluding hydrogens is 652 g/mol. The number of rotatable bonds is 20. The van der Waals surface area contributed by atoms with Crippen molar-refractivity contribution in [1.82, 2.24) is 0 Å². The van der Waals surface area contributed by atoms with E-state index in [1.54, 1.807) is 0 Å². The molecule has 2 fully saturated rings. The van der Waals surface area contributed by atoms with E-state index in [1.807, 2.05) is 38.2 Å². The predicted octanol–water partition coefficient (Wildman–Crippen LogP) is 5.73. The molecule has 3 unspecified atom stereocenters. The predicted molar refractivity (Wildman–Crippen MR) is 180 cm³/mol. The van der Waals surface area contributed by atoms with Gasteiger partial charge in [0.05, 0.1) is 33.4 Å². The molecule has 2 aliphatic carbocycles. The fourth-order valence-corrected chi connectivity index (χ4v) is 6.97. The quantitative estimate of drug-likeness (QED) is 0.0379. The van der Waals surface area contributed by atoms with E-state index in [4.69, 9.17) is 42.6 Å². The summed E-state index contributed by atoms with van der Waals surface area (Å²) in [4.78, 5) is 54.7. The molecule has 1 saturated carbocycles. The van der Waals surface area contributed by atoms with E-state index in [0.29, 0.717) is 32.5 Å². The number of hydrogen-bond donors (Lipinski definition) is 0. The Kier molecular flexibility index (Phi) is 17.3. The average molecular weight is 707 g/mol. The van der Waals surface area contributed by atoms with Gasteiger partial charge in [0.2, 0.25) is 0 Å². The fourth-order valence-electron chi connectivity index (χ4n) is 6.97. The maximum Gasteiger partial charge on any atom is 0.516 e. The monoisotopic (exact) mass is 706 g/mol. The van der Waals surface area contributed by atoms with Crippen LogP contribution < -0.4 is 0 Å². The molecule has 0 amide bonds. The number of fused-ring (bicyclic) bond motifs is 2. The van der Waals surface area contributed by atoms with Gasteiger partial charge in [0.1, 0.15) is 18.8 Å². The van der Waals surface area contributed by atoms with E-state index in [9.17, 15) is 19.2 Å². The van der Waals surface area contributed by atoms with Gasteiger partial charge in [-0.3, -0.25) is 14.4 Å². The molecule has 13 heteroatoms. The van der Waals surface area contributed by atoms with Crippen molar-refractivity contribution in [1.29, 1.82) is 0 Å². The molecule has 0 spiro atoms. The zero-order valence-electron chi connectivity index (χ0n) is 30.3. The van der Waals surface area contributed by atoms with Gasteiger partial charge in [-0.2, -0.15) is 0 Å². The van der Waals surface area contributed by atoms with E-state index in [-0.39, 0.29) is 49.4 Å². The molecule has 1 heterocycles. The lowest BCUT2D eigenvalue weighted by Gasteiger charge is -2.41. The minimum atomic E-state index is -1.39. The van der Waals surface area contributed by atoms with Crippen molar-refractivity contribution in [3.8, 4) is 0 Å². The molecule has 2 bridgehead atoms. The number of ketones is 2. The molecule has 5 atom stereocenters. The molecule has 50 heavy (non-hydrogen) atoms. The number of carbonyl (C=O) groups excluding carboxylic acids is 4. The molecule has 1 saturated heterocycles. The zero-order chi connectivity index (χ0) is 36.5. The number of ether oxygens (including phenoxy) is 9. The average Bonchev–Trinajstić information content (AvgIpc) is 3.58. The van der Waals surface area contributed by atoms with Crippen LogP contribution in [0.4, 0.5) is 4.79 Å². The van der Waals surface area contributed by atoms with Gasteiger partial charge in [-0.25, -0.2) is 4.79 Å². The third-order valence-corrected chi connectivity index (χ3v) is 9.35. The van der Waals surface area contributed by atoms with Crippen molar-refractivity contribution in [3.05, 3.63) is 47.5 Å². The molecule has 0 radical (unpaired) electrons. The summed E-state index contributed by atoms with van der Waals surface area (Å²) in [5.74, 6) is -7.01. The SMILES string of the molecule is C/C=C/CCCCCC1C=C2C(=O)[C@H](C(=O)C(C(=O)OC)C/C2=C(/OCOC)OC(=O)OC)C1C[C@@H](OCOC)C1(CC/C=C/C)OCCO1. The minimum Gasteiger partial charge on any atom is -0.468 e. The molecule has 13 nitrogen and oxygen atoms in total. The van der Waals surface area contributed by atoms with E-state index in [0.717, 1.165) is 32.8 Å². The first-order valence-corrected chi connectivity index (χ1v) is 17.3. The van der Waals surface area contributed by atoms with Gasteiger partial charge in [-0.15, -0.1) is 0 Å². The molecule has 0 aromatic rings. The Morgan fingerprint density at radius 2 is 1.64 bits per heavy atom. The number of Topliss-reactive ketones (excluding diaryl/α,β-unsaturated/α-hetero) is 2. The van der Waals surface area contributed by atoms with Crippen molar-refractivity contribution in [2.24, 2.45) is 23.7 Å². The third-order valence-electron chi connectivity index (χ3n) is 9.35. The largest absolute Gasteiger partial charge is 0.516 e. The van der Waals surface area contributed by atoms with E-state index in [2.05, 4.69) is 6.08 Å². The highest BCUT2D eigenvalue weighted by atomic mass is 16.8. The Bertz CT molecular complexity index is 1260. The lowest BCUT2D eigenvalue weighted by atomic mass is 9.66. The second-order valence-corrected chi connectivity index (χ2v) is 12.4. The molecule has 3 aliphatic rings. The van der Waals surface area contributed by atoms with Crippen molar-refractivity contribution in [2.45, 2.75) is 83.5 Å². The summed E-state index contributed by atoms with van der Waals surface area (Å²) < 4.78 is 49.9. The van der Waals surface area contributed by atoms with Crippen molar-refractivity contribution in [2.75, 3.05) is 55.2 Å². The van der Waals surface area contributed by atoms with Crippen LogP contribution in [0.15, 0.2) is 47.5 Å². The highest BCUT2D eigenvalue weighted by molar-refractivity contribution is 6.19. The maximum absolute atomic E-state index is 14.6. The summed E-state index contributed by atoms with van der Waals surface area (Å²) in [6.45, 7) is 4.23. The highest BCUT2D eigenvalue weighted by Gasteiger charge is 2.54. The van der Waals surface area contributed by atoms with Gasteiger partial charge in [0, 0.05) is 38.2 Å². The number of esters is 1. The van der Waals surface area contributed by atoms with Crippen molar-refractivity contribution < 1.29 is 61.8 Å². The number of allylic oxidation sites excluding steroid dienone is 7. The minimum absolute atomic E-state index is 0.0680. The summed E-state index contributed by atoms with van der Waals surface area (Å²) in [6.07, 6.45) is 13.4. The maximum atomic E-state index is 14.6. The molecule has 0 aromatic carbocycles. The molecule has 3 rings (SSSR count). The van der Waals surface area contributed by atoms with Crippen LogP contribution in [-0.4, -0.2) is 90.8 Å². The van der Waals surface area contributed by atoms with Crippen LogP contribution in [0.5, 0.6) is 0 Å². The lowest BCUT2D eigenvalue weighted by molar-refractivity contribution is -0.258. The lowest BCUT2D eigenvalue weighted by Crippen LogP contribution is -2.50. The van der Waals surface area contributed by atoms with Crippen LogP contribution in [-0.2, 0) is 57.0 Å². The van der Waals surface area contributed by atoms with Crippen LogP contribution in [0, 0.1) is 23.7 Å². The van der Waals surface area contributed by atoms with Gasteiger partial charge in [-0.05, 0) is 57.8 Å². The smallest absolute Gasteiger partial charge is 0.468 e. The van der Waals surface area contributed by atoms with Gasteiger partial charge >= 0.3 is 12.1 Å². The molecule has 280 valence electrons. The Morgan fingerprint density at radius 1 is 0.940 bits per heavy atom. The second-order valence-electron chi connectivity index (χ2n) is 12.4. The first-order chi connectivity index (χ1) is 24.2. The van der Waals surface area contributed by atoms with Crippen LogP contribution in [0.2, 0.25) is 0 Å². The van der Waals surface area contributed by atoms with Crippen LogP contribution >= 0.6 is 0 Å². The van der Waals surface area contributed by atoms with Gasteiger partial charge in [0.25, 0.3) is 5.95 Å². The van der Waals surface area contributed by atoms with Crippen molar-refractivity contribution >= 4 is 23.7 Å². The van der Waals surface area contributed by atoms with E-state index >= 15 is 0 Å². The Morgan fingerprint density at radius 3 is 2.28 bits per heavy atom. The van der Waals surface area contributed by atoms with Crippen molar-refractivity contribution in [3.63, 3.8) is 0 Å². The van der Waals surface area contributed by atoms with Crippen LogP contribution in [0.3, 0.4) is 0 Å². The number of carbonyl (C=O) groups is 4. The standard InChI is InChI=1S/C37H54O13/c1-7-9-11-12-13-14-16-25-20-27-28(35(47-24-43-4)50-36(41)45-6)21-29(34(40)44-5)33(39)31(32(27)38)26(25)22-30(46-23-42-3)37(17-15-10-8-2)48-18-19-49-37/h7-10,20,25-26,29-31H,11-19,21-24H2,1-6H3/b9-7+,10-8+,35-28+/t25?,26?,29?,30-,31-/m1/s1. The number of unbranched alkanes of at least 4 members (excludes halogenated alkanes) is 3. The zero-order valence-corrected chi connectivity index (χ0v) is 30.3. The van der Waals surface area contributed by atoms with Gasteiger partial charge < -0.3 is 42.6 Å². The third kappa shape index (κ3) is 10.6. The first kappa shape index (κ1) is 41.1. The molecule has 0 aromatic heterocycles. The van der Waals surface area contributed by atoms with Gasteiger partial charge in [0.15, 0.2) is 24.1 Å². The highest BCUT2D eigenvalue weighted by Crippen LogP contribution is 2.48. The normalized spacial score (nSPS) is 25.0. The van der Waals surface area contributed by atoms with E-state index < -0.39 is 53.3 Å². The summed E-state index contributed by atoms with van der Waals surface area (Å²) in [7, 11) is 5.19. The summed E-state index contributed by atoms with van der Waals surface area (Å²) >= 11 is 0. The Hall–Kier alpha value is -3.36. The summed E-state index contributed by atoms with van der Waals surface area (Å²) in [6, 6.07) is 0. The van der Waals surface area contributed by atoms with Crippen LogP contribution in [0.1, 0.15) is 71.6 Å². The molecule has 1 aliphatic heterocycles. The molecule has 0 N–H and O–H groups in total. The van der Waals surface area contributed by atoms with Gasteiger partial charge in [-0.1, -0.05) is 43.2 Å². The molecular formula is C37H54O13. The summed E-state index contributed by atoms with van der Waals surface area (Å²) in [5.41, 5.74) is 0.225. The number of hydrogen-bond acceptors (Lipinski definition) is 13. The van der Waals surface area contributed by atoms with E-state index in [1.165, 1.54) is 21.3 Å². The Labute approximate surface area is 295 Å². The Balaban J connectivity index is 2.20. The first-order valence-electron chi connectivity index (χ1n) is 17.3. The fraction of sp³-hybridized carbons (Fsp3) is 0.676. The summed E-state index contributed by atoms with van der Waals surface area (Å²) in [5, 5.41) is 0. The second kappa shape index (κ2) is 21.1. The van der Waals surface area contributed by atoms with Crippen LogP contribution in [0.25, 0.3) is 0 Å².